The van der Waals surface area contributed by atoms with Gasteiger partial charge in [-0.15, -0.1) is 5.10 Å². The number of nitriles is 1. The van der Waals surface area contributed by atoms with Gasteiger partial charge < -0.3 is 5.32 Å². The number of nitrogens with one attached hydrogen (secondary N) is 2. The molecule has 0 atom stereocenters. The minimum atomic E-state index is -0.408. The summed E-state index contributed by atoms with van der Waals surface area (Å²) in [5, 5.41) is 19.6. The molecule has 2 heterocycles. The largest absolute Gasteiger partial charge is 0.310 e. The van der Waals surface area contributed by atoms with Gasteiger partial charge in [0.1, 0.15) is 17.7 Å². The molecule has 0 aliphatic rings. The van der Waals surface area contributed by atoms with Crippen molar-refractivity contribution in [1.29, 1.82) is 5.26 Å². The van der Waals surface area contributed by atoms with E-state index < -0.39 is 5.82 Å². The van der Waals surface area contributed by atoms with Crippen LogP contribution >= 0.6 is 11.8 Å². The Kier molecular flexibility index (Phi) is 6.05. The predicted octanol–water partition coefficient (Wildman–Crippen LogP) is 4.62. The Bertz CT molecular complexity index is 1320. The number of thioether (sulfide) groups is 1. The maximum absolute atomic E-state index is 13.9. The van der Waals surface area contributed by atoms with Crippen LogP contribution in [0.1, 0.15) is 16.8 Å². The molecule has 0 radical (unpaired) electrons. The van der Waals surface area contributed by atoms with Crippen LogP contribution in [-0.4, -0.2) is 31.4 Å². The zero-order valence-corrected chi connectivity index (χ0v) is 18.2. The molecule has 2 N–H and O–H groups in total. The number of para-hydroxylation sites is 1. The van der Waals surface area contributed by atoms with Crippen LogP contribution in [0.5, 0.6) is 0 Å². The monoisotopic (exact) mass is 446 g/mol. The summed E-state index contributed by atoms with van der Waals surface area (Å²) in [5.74, 6) is 0.0356. The fourth-order valence-corrected chi connectivity index (χ4v) is 3.94. The van der Waals surface area contributed by atoms with E-state index in [1.165, 1.54) is 6.07 Å². The maximum atomic E-state index is 13.9. The van der Waals surface area contributed by atoms with E-state index in [0.717, 1.165) is 28.7 Å². The summed E-state index contributed by atoms with van der Waals surface area (Å²) in [4.78, 5) is 17.0. The van der Waals surface area contributed by atoms with E-state index in [1.54, 1.807) is 18.2 Å². The highest BCUT2D eigenvalue weighted by Gasteiger charge is 2.21. The first-order chi connectivity index (χ1) is 15.5. The molecule has 0 fully saturated rings. The Hall–Kier alpha value is -3.90. The molecular weight excluding hydrogens is 427 g/mol. The SMILES string of the molecule is Cc1c(C#N)c(NC(=O)CSc2n[nH]c(-c3ccccc3F)n2)n(-c2ccccc2)c1C. The zero-order chi connectivity index (χ0) is 22.7. The third kappa shape index (κ3) is 4.13. The van der Waals surface area contributed by atoms with Gasteiger partial charge in [-0.3, -0.25) is 14.5 Å². The minimum absolute atomic E-state index is 0.0253. The summed E-state index contributed by atoms with van der Waals surface area (Å²) < 4.78 is 15.8. The number of H-pyrrole nitrogens is 1. The van der Waals surface area contributed by atoms with Crippen LogP contribution in [0.4, 0.5) is 10.2 Å². The number of benzene rings is 2. The van der Waals surface area contributed by atoms with Crippen molar-refractivity contribution in [3.63, 3.8) is 0 Å². The van der Waals surface area contributed by atoms with E-state index in [0.29, 0.717) is 27.9 Å². The van der Waals surface area contributed by atoms with Gasteiger partial charge in [0.2, 0.25) is 11.1 Å². The third-order valence-electron chi connectivity index (χ3n) is 5.02. The van der Waals surface area contributed by atoms with Crippen molar-refractivity contribution in [2.45, 2.75) is 19.0 Å². The van der Waals surface area contributed by atoms with Crippen molar-refractivity contribution in [1.82, 2.24) is 19.7 Å². The second-order valence-corrected chi connectivity index (χ2v) is 7.94. The molecule has 1 amide bonds. The number of carbonyl (C=O) groups is 1. The Balaban J connectivity index is 1.52. The van der Waals surface area contributed by atoms with Crippen LogP contribution in [0, 0.1) is 31.0 Å². The third-order valence-corrected chi connectivity index (χ3v) is 5.87. The van der Waals surface area contributed by atoms with Crippen LogP contribution in [0.25, 0.3) is 17.1 Å². The summed E-state index contributed by atoms with van der Waals surface area (Å²) in [6.07, 6.45) is 0. The topological polar surface area (TPSA) is 99.4 Å². The first-order valence-electron chi connectivity index (χ1n) is 9.77. The number of hydrogen-bond donors (Lipinski definition) is 2. The molecule has 0 spiro atoms. The Morgan fingerprint density at radius 2 is 1.91 bits per heavy atom. The molecule has 0 saturated heterocycles. The highest BCUT2D eigenvalue weighted by Crippen LogP contribution is 2.30. The number of hydrogen-bond acceptors (Lipinski definition) is 5. The van der Waals surface area contributed by atoms with Gasteiger partial charge in [-0.1, -0.05) is 42.1 Å². The minimum Gasteiger partial charge on any atom is -0.310 e. The van der Waals surface area contributed by atoms with E-state index in [4.69, 9.17) is 0 Å². The number of anilines is 1. The van der Waals surface area contributed by atoms with Gasteiger partial charge in [0.15, 0.2) is 5.82 Å². The fourth-order valence-electron chi connectivity index (χ4n) is 3.34. The molecule has 2 aromatic heterocycles. The predicted molar refractivity (Wildman–Crippen MR) is 121 cm³/mol. The van der Waals surface area contributed by atoms with Crippen molar-refractivity contribution >= 4 is 23.5 Å². The van der Waals surface area contributed by atoms with Gasteiger partial charge >= 0.3 is 0 Å². The van der Waals surface area contributed by atoms with E-state index in [1.807, 2.05) is 48.7 Å². The van der Waals surface area contributed by atoms with Gasteiger partial charge in [-0.05, 0) is 43.7 Å². The molecule has 4 aromatic rings. The second kappa shape index (κ2) is 9.08. The van der Waals surface area contributed by atoms with E-state index in [9.17, 15) is 14.4 Å². The first kappa shape index (κ1) is 21.3. The molecule has 9 heteroatoms. The number of aromatic nitrogens is 4. The second-order valence-electron chi connectivity index (χ2n) is 7.00. The average Bonchev–Trinajstić information content (AvgIpc) is 3.36. The Morgan fingerprint density at radius 3 is 2.62 bits per heavy atom. The molecular formula is C23H19FN6OS. The van der Waals surface area contributed by atoms with Gasteiger partial charge in [0, 0.05) is 11.4 Å². The molecule has 0 bridgehead atoms. The lowest BCUT2D eigenvalue weighted by molar-refractivity contribution is -0.113. The lowest BCUT2D eigenvalue weighted by Crippen LogP contribution is -2.17. The lowest BCUT2D eigenvalue weighted by atomic mass is 10.2. The van der Waals surface area contributed by atoms with Crippen LogP contribution in [0.2, 0.25) is 0 Å². The Morgan fingerprint density at radius 1 is 1.19 bits per heavy atom. The van der Waals surface area contributed by atoms with E-state index in [-0.39, 0.29) is 11.7 Å². The van der Waals surface area contributed by atoms with Crippen molar-refractivity contribution in [3.8, 4) is 23.1 Å². The number of halogens is 1. The summed E-state index contributed by atoms with van der Waals surface area (Å²) in [6.45, 7) is 3.76. The zero-order valence-electron chi connectivity index (χ0n) is 17.4. The number of amides is 1. The highest BCUT2D eigenvalue weighted by molar-refractivity contribution is 7.99. The normalized spacial score (nSPS) is 10.7. The van der Waals surface area contributed by atoms with E-state index >= 15 is 0 Å². The maximum Gasteiger partial charge on any atom is 0.236 e. The summed E-state index contributed by atoms with van der Waals surface area (Å²) in [5.41, 5.74) is 3.26. The van der Waals surface area contributed by atoms with Crippen molar-refractivity contribution in [2.24, 2.45) is 0 Å². The molecule has 32 heavy (non-hydrogen) atoms. The average molecular weight is 447 g/mol. The number of rotatable bonds is 6. The lowest BCUT2D eigenvalue weighted by Gasteiger charge is -2.12. The van der Waals surface area contributed by atoms with Gasteiger partial charge in [0.25, 0.3) is 0 Å². The summed E-state index contributed by atoms with van der Waals surface area (Å²) >= 11 is 1.12. The van der Waals surface area contributed by atoms with E-state index in [2.05, 4.69) is 26.6 Å². The van der Waals surface area contributed by atoms with Crippen molar-refractivity contribution in [3.05, 3.63) is 77.2 Å². The highest BCUT2D eigenvalue weighted by atomic mass is 32.2. The first-order valence-corrected chi connectivity index (χ1v) is 10.8. The Labute approximate surface area is 188 Å². The summed E-state index contributed by atoms with van der Waals surface area (Å²) in [7, 11) is 0. The quantitative estimate of drug-likeness (QED) is 0.421. The molecule has 0 unspecified atom stereocenters. The van der Waals surface area contributed by atoms with Gasteiger partial charge in [0.05, 0.1) is 16.9 Å². The molecule has 2 aromatic carbocycles. The number of carbonyl (C=O) groups excluding carboxylic acids is 1. The fraction of sp³-hybridized carbons (Fsp3) is 0.130. The van der Waals surface area contributed by atoms with Crippen LogP contribution in [0.3, 0.4) is 0 Å². The summed E-state index contributed by atoms with van der Waals surface area (Å²) in [6, 6.07) is 18.0. The van der Waals surface area contributed by atoms with Crippen LogP contribution < -0.4 is 5.32 Å². The molecule has 4 rings (SSSR count). The standard InChI is InChI=1S/C23H19FN6OS/c1-14-15(2)30(16-8-4-3-5-9-16)22(18(14)12-25)26-20(31)13-32-23-27-21(28-29-23)17-10-6-7-11-19(17)24/h3-11H,13H2,1-2H3,(H,26,31)(H,27,28,29). The smallest absolute Gasteiger partial charge is 0.236 e. The molecule has 7 nitrogen and oxygen atoms in total. The van der Waals surface area contributed by atoms with Gasteiger partial charge in [-0.25, -0.2) is 9.37 Å². The van der Waals surface area contributed by atoms with Crippen molar-refractivity contribution < 1.29 is 9.18 Å². The van der Waals surface area contributed by atoms with Gasteiger partial charge in [-0.2, -0.15) is 5.26 Å². The number of aromatic amines is 1. The molecule has 160 valence electrons. The van der Waals surface area contributed by atoms with Crippen LogP contribution in [0.15, 0.2) is 59.8 Å². The molecule has 0 aliphatic heterocycles. The van der Waals surface area contributed by atoms with Crippen molar-refractivity contribution in [2.75, 3.05) is 11.1 Å². The van der Waals surface area contributed by atoms with Crippen LogP contribution in [-0.2, 0) is 4.79 Å². The molecule has 0 saturated carbocycles. The number of nitrogens with zero attached hydrogens (tertiary/aromatic N) is 4. The molecule has 0 aliphatic carbocycles.